The molecule has 6 atom stereocenters. The first kappa shape index (κ1) is 74.8. The number of hydrogen-bond acceptors (Lipinski definition) is 0. The van der Waals surface area contributed by atoms with Crippen molar-refractivity contribution in [1.29, 1.82) is 0 Å². The van der Waals surface area contributed by atoms with E-state index in [1.165, 1.54) is 247 Å². The molecule has 0 fully saturated rings. The zero-order valence-corrected chi connectivity index (χ0v) is 63.6. The molecule has 6 aromatic carbocycles. The second-order valence-electron chi connectivity index (χ2n) is 30.8. The first-order valence-electron chi connectivity index (χ1n) is 40.1. The van der Waals surface area contributed by atoms with Crippen molar-refractivity contribution >= 4 is 0 Å². The van der Waals surface area contributed by atoms with Crippen molar-refractivity contribution in [2.24, 2.45) is 35.5 Å². The number of rotatable bonds is 36. The summed E-state index contributed by atoms with van der Waals surface area (Å²) in [6.45, 7) is 32.9. The highest BCUT2D eigenvalue weighted by Crippen LogP contribution is 2.60. The molecule has 3 aliphatic rings. The van der Waals surface area contributed by atoms with Crippen molar-refractivity contribution in [3.8, 4) is 80.7 Å². The summed E-state index contributed by atoms with van der Waals surface area (Å²) in [5.41, 5.74) is 24.0. The highest BCUT2D eigenvalue weighted by Gasteiger charge is 2.49. The molecule has 0 heteroatoms. The van der Waals surface area contributed by atoms with Gasteiger partial charge in [0.05, 0.1) is 0 Å². The molecular weight excluding hydrogens is 1170 g/mol. The maximum absolute atomic E-state index is 3.92. The number of hydrogen-bond donors (Lipinski definition) is 0. The Morgan fingerprint density at radius 2 is 0.402 bits per heavy atom. The van der Waals surface area contributed by atoms with Gasteiger partial charge in [-0.1, -0.05) is 309 Å². The molecule has 0 N–H and O–H groups in total. The molecule has 6 unspecified atom stereocenters. The maximum atomic E-state index is 3.92. The van der Waals surface area contributed by atoms with Gasteiger partial charge >= 0.3 is 0 Å². The number of fused-ring (bicyclic) bond motifs is 9. The van der Waals surface area contributed by atoms with E-state index in [-0.39, 0.29) is 16.2 Å². The number of benzene rings is 6. The van der Waals surface area contributed by atoms with Crippen LogP contribution in [-0.2, 0) is 16.2 Å². The average molecular weight is 1290 g/mol. The predicted octanol–water partition coefficient (Wildman–Crippen LogP) is 27.7. The largest absolute Gasteiger partial charge is 0.101 e. The molecule has 0 radical (unpaired) electrons. The first-order valence-corrected chi connectivity index (χ1v) is 40.1. The quantitative estimate of drug-likeness (QED) is 0.0344. The Kier molecular flexibility index (Phi) is 27.8. The molecule has 3 aliphatic carbocycles. The van der Waals surface area contributed by atoms with Crippen LogP contribution in [0.3, 0.4) is 0 Å². The van der Waals surface area contributed by atoms with E-state index in [1.54, 1.807) is 0 Å². The van der Waals surface area contributed by atoms with Gasteiger partial charge in [-0.15, -0.1) is 11.8 Å². The Morgan fingerprint density at radius 1 is 0.237 bits per heavy atom. The molecule has 0 bridgehead atoms. The van der Waals surface area contributed by atoms with E-state index in [9.17, 15) is 0 Å². The third-order valence-corrected chi connectivity index (χ3v) is 24.4. The lowest BCUT2D eigenvalue weighted by Crippen LogP contribution is -2.31. The third-order valence-electron chi connectivity index (χ3n) is 24.4. The fourth-order valence-electron chi connectivity index (χ4n) is 18.7. The van der Waals surface area contributed by atoms with Crippen LogP contribution < -0.4 is 0 Å². The fraction of sp³-hybridized carbons (Fsp3) is 0.546. The average Bonchev–Trinajstić information content (AvgIpc) is 1.59. The molecule has 0 heterocycles. The van der Waals surface area contributed by atoms with Crippen LogP contribution >= 0.6 is 0 Å². The monoisotopic (exact) mass is 1290 g/mol. The molecule has 0 saturated heterocycles. The van der Waals surface area contributed by atoms with E-state index in [0.29, 0.717) is 35.5 Å². The Bertz CT molecular complexity index is 3540. The standard InChI is InChI=1S/C97H126/c1-15-29-37-71(23-9)65-95(66-72(24-10)38-30-16-2)89-59-77(35-21-7)47-53-83(89)85-55-49-79(61-91(85)95)43-45-81-51-57-87-88-58-52-82(64-94(88)97(93(87)63-81,69-75(27-13)41-33-19-5)70-76(28-14)42-34-20-6)46-44-80-50-56-86-84-54-48-78(36-22-8)60-90(84)96(92(86)62-80,67-73(25-11)39-31-17-3)68-74(26-12)40-32-18-4/h47-64,71-76H,15-20,23-34,37-42,65-70H2,1-14H3. The summed E-state index contributed by atoms with van der Waals surface area (Å²) < 4.78 is 0. The van der Waals surface area contributed by atoms with Crippen LogP contribution in [0.15, 0.2) is 109 Å². The molecule has 97 heavy (non-hydrogen) atoms. The van der Waals surface area contributed by atoms with E-state index in [1.807, 2.05) is 13.8 Å². The van der Waals surface area contributed by atoms with Gasteiger partial charge in [-0.05, 0) is 227 Å². The van der Waals surface area contributed by atoms with Crippen molar-refractivity contribution in [3.05, 3.63) is 176 Å². The van der Waals surface area contributed by atoms with E-state index in [4.69, 9.17) is 0 Å². The second-order valence-corrected chi connectivity index (χ2v) is 30.8. The SMILES string of the molecule is CC#Cc1ccc2c(c1)C(CC(CC)CCCC)(CC(CC)CCCC)c1cc(C#Cc3ccc4c(c3)C(CC(CC)CCCC)(CC(CC)CCCC)c3cc(C#Cc5ccc6c(c5)C(CC(CC)CCCC)(CC(CC)CCCC)c5cc(C#CC)ccc5-6)ccc3-4)ccc1-2. The highest BCUT2D eigenvalue weighted by atomic mass is 14.5. The van der Waals surface area contributed by atoms with Gasteiger partial charge in [0.1, 0.15) is 0 Å². The molecule has 0 aliphatic heterocycles. The zero-order chi connectivity index (χ0) is 69.0. The van der Waals surface area contributed by atoms with Crippen LogP contribution in [0.2, 0.25) is 0 Å². The molecule has 0 nitrogen and oxygen atoms in total. The van der Waals surface area contributed by atoms with Crippen molar-refractivity contribution < 1.29 is 0 Å². The summed E-state index contributed by atoms with van der Waals surface area (Å²) in [4.78, 5) is 0. The molecule has 0 aromatic heterocycles. The predicted molar refractivity (Wildman–Crippen MR) is 423 cm³/mol. The van der Waals surface area contributed by atoms with Gasteiger partial charge in [0.2, 0.25) is 0 Å². The van der Waals surface area contributed by atoms with Crippen LogP contribution in [0.4, 0.5) is 0 Å². The highest BCUT2D eigenvalue weighted by molar-refractivity contribution is 5.85. The van der Waals surface area contributed by atoms with Gasteiger partial charge in [0.15, 0.2) is 0 Å². The van der Waals surface area contributed by atoms with Gasteiger partial charge in [0.25, 0.3) is 0 Å². The Balaban J connectivity index is 1.18. The lowest BCUT2D eigenvalue weighted by Gasteiger charge is -2.39. The molecule has 0 spiro atoms. The Labute approximate surface area is 594 Å². The van der Waals surface area contributed by atoms with Crippen molar-refractivity contribution in [3.63, 3.8) is 0 Å². The van der Waals surface area contributed by atoms with Gasteiger partial charge in [-0.25, -0.2) is 0 Å². The smallest absolute Gasteiger partial charge is 0.0252 e. The fourth-order valence-corrected chi connectivity index (χ4v) is 18.7. The summed E-state index contributed by atoms with van der Waals surface area (Å²) in [6, 6.07) is 43.9. The van der Waals surface area contributed by atoms with E-state index in [0.717, 1.165) is 46.2 Å². The lowest BCUT2D eigenvalue weighted by molar-refractivity contribution is 0.266. The summed E-state index contributed by atoms with van der Waals surface area (Å²) in [5, 5.41) is 0. The molecule has 9 rings (SSSR count). The lowest BCUT2D eigenvalue weighted by atomic mass is 9.65. The van der Waals surface area contributed by atoms with Gasteiger partial charge in [-0.3, -0.25) is 0 Å². The normalized spacial score (nSPS) is 18.6. The summed E-state index contributed by atoms with van der Waals surface area (Å²) >= 11 is 0. The third kappa shape index (κ3) is 16.9. The summed E-state index contributed by atoms with van der Waals surface area (Å²) in [7, 11) is 0. The minimum absolute atomic E-state index is 0.0908. The molecular formula is C97H126. The molecule has 0 saturated carbocycles. The molecule has 514 valence electrons. The van der Waals surface area contributed by atoms with E-state index in [2.05, 4.69) is 240 Å². The maximum Gasteiger partial charge on any atom is 0.0252 e. The minimum Gasteiger partial charge on any atom is -0.101 e. The zero-order valence-electron chi connectivity index (χ0n) is 63.6. The van der Waals surface area contributed by atoms with Crippen LogP contribution in [0, 0.1) is 82.9 Å². The van der Waals surface area contributed by atoms with E-state index >= 15 is 0 Å². The van der Waals surface area contributed by atoms with Gasteiger partial charge in [0, 0.05) is 49.6 Å². The van der Waals surface area contributed by atoms with Crippen molar-refractivity contribution in [2.45, 2.75) is 306 Å². The van der Waals surface area contributed by atoms with E-state index < -0.39 is 0 Å². The molecule has 6 aromatic rings. The van der Waals surface area contributed by atoms with Gasteiger partial charge in [-0.2, -0.15) is 0 Å². The van der Waals surface area contributed by atoms with Crippen LogP contribution in [0.1, 0.15) is 356 Å². The first-order chi connectivity index (χ1) is 47.3. The minimum atomic E-state index is -0.162. The van der Waals surface area contributed by atoms with Crippen molar-refractivity contribution in [2.75, 3.05) is 0 Å². The Morgan fingerprint density at radius 3 is 0.546 bits per heavy atom. The topological polar surface area (TPSA) is 0 Å². The number of unbranched alkanes of at least 4 members (excludes halogenated alkanes) is 6. The second kappa shape index (κ2) is 36.1. The summed E-state index contributed by atoms with van der Waals surface area (Å²) in [6.07, 6.45) is 37.0. The van der Waals surface area contributed by atoms with Gasteiger partial charge < -0.3 is 0 Å². The van der Waals surface area contributed by atoms with Crippen LogP contribution in [-0.4, -0.2) is 0 Å². The Hall–Kier alpha value is -6.44. The van der Waals surface area contributed by atoms with Crippen LogP contribution in [0.5, 0.6) is 0 Å². The summed E-state index contributed by atoms with van der Waals surface area (Å²) in [5.74, 6) is 33.0. The van der Waals surface area contributed by atoms with Crippen LogP contribution in [0.25, 0.3) is 33.4 Å². The molecule has 0 amide bonds. The van der Waals surface area contributed by atoms with Crippen molar-refractivity contribution in [1.82, 2.24) is 0 Å².